The molecule has 0 spiro atoms. The van der Waals surface area contributed by atoms with Crippen molar-refractivity contribution in [3.05, 3.63) is 34.7 Å². The fourth-order valence-electron chi connectivity index (χ4n) is 6.13. The number of Topliss-reactive ketones (excluding diaryl/α,β-unsaturated/α-hetero) is 1. The molecule has 2 amide bonds. The number of nitrogens with one attached hydrogen (secondary N) is 2. The summed E-state index contributed by atoms with van der Waals surface area (Å²) >= 11 is 6.16. The van der Waals surface area contributed by atoms with Crippen LogP contribution >= 0.6 is 11.6 Å². The van der Waals surface area contributed by atoms with E-state index in [0.717, 1.165) is 32.1 Å². The molecule has 5 atom stereocenters. The monoisotopic (exact) mass is 483 g/mol. The van der Waals surface area contributed by atoms with E-state index in [-0.39, 0.29) is 46.1 Å². The number of H-pyrrole nitrogens is 1. The minimum atomic E-state index is -0.631. The second kappa shape index (κ2) is 9.07. The average molecular weight is 484 g/mol. The van der Waals surface area contributed by atoms with E-state index in [0.29, 0.717) is 30.3 Å². The maximum Gasteiger partial charge on any atom is 0.271 e. The van der Waals surface area contributed by atoms with Crippen molar-refractivity contribution in [3.8, 4) is 12.3 Å². The zero-order valence-corrected chi connectivity index (χ0v) is 19.5. The molecule has 2 heterocycles. The molecule has 1 aromatic heterocycles. The van der Waals surface area contributed by atoms with E-state index in [4.69, 9.17) is 18.0 Å². The summed E-state index contributed by atoms with van der Waals surface area (Å²) in [5.74, 6) is 1.97. The summed E-state index contributed by atoms with van der Waals surface area (Å²) < 4.78 is 13.8. The van der Waals surface area contributed by atoms with Gasteiger partial charge in [-0.25, -0.2) is 4.39 Å². The van der Waals surface area contributed by atoms with Crippen LogP contribution in [0.5, 0.6) is 0 Å². The summed E-state index contributed by atoms with van der Waals surface area (Å²) in [6, 6.07) is 2.93. The van der Waals surface area contributed by atoms with Crippen LogP contribution in [0, 0.1) is 35.9 Å². The first kappa shape index (κ1) is 22.9. The van der Waals surface area contributed by atoms with Crippen LogP contribution in [-0.2, 0) is 9.59 Å². The summed E-state index contributed by atoms with van der Waals surface area (Å²) in [6.45, 7) is 0.487. The minimum Gasteiger partial charge on any atom is -0.350 e. The second-order valence-corrected chi connectivity index (χ2v) is 10.2. The summed E-state index contributed by atoms with van der Waals surface area (Å²) in [5.41, 5.74) is 0.702. The smallest absolute Gasteiger partial charge is 0.271 e. The van der Waals surface area contributed by atoms with Crippen molar-refractivity contribution < 1.29 is 18.8 Å². The Morgan fingerprint density at radius 2 is 2.09 bits per heavy atom. The Kier molecular flexibility index (Phi) is 6.11. The van der Waals surface area contributed by atoms with Crippen molar-refractivity contribution in [2.24, 2.45) is 17.8 Å². The molecule has 3 aliphatic rings. The quantitative estimate of drug-likeness (QED) is 0.629. The summed E-state index contributed by atoms with van der Waals surface area (Å²) in [6.07, 6.45) is 11.2. The first-order valence-electron chi connectivity index (χ1n) is 11.9. The Balaban J connectivity index is 1.38. The number of aromatic amines is 1. The third-order valence-electron chi connectivity index (χ3n) is 7.77. The van der Waals surface area contributed by atoms with Crippen LogP contribution < -0.4 is 5.32 Å². The van der Waals surface area contributed by atoms with E-state index in [1.54, 1.807) is 11.0 Å². The first-order chi connectivity index (χ1) is 16.4. The normalized spacial score (nSPS) is 27.1. The van der Waals surface area contributed by atoms with Gasteiger partial charge in [0.1, 0.15) is 23.3 Å². The number of likely N-dealkylation sites (tertiary alicyclic amines) is 1. The van der Waals surface area contributed by atoms with Gasteiger partial charge in [-0.15, -0.1) is 6.42 Å². The van der Waals surface area contributed by atoms with Crippen molar-refractivity contribution in [2.75, 3.05) is 6.54 Å². The maximum atomic E-state index is 13.8. The molecule has 2 saturated carbocycles. The largest absolute Gasteiger partial charge is 0.350 e. The number of nitrogens with zero attached hydrogens (tertiary/aromatic N) is 1. The molecule has 1 saturated heterocycles. The van der Waals surface area contributed by atoms with Crippen molar-refractivity contribution >= 4 is 40.1 Å². The molecular weight excluding hydrogens is 457 g/mol. The van der Waals surface area contributed by atoms with Crippen molar-refractivity contribution in [2.45, 2.75) is 57.0 Å². The topological polar surface area (TPSA) is 82.3 Å². The molecule has 8 heteroatoms. The van der Waals surface area contributed by atoms with Crippen molar-refractivity contribution in [3.63, 3.8) is 0 Å². The van der Waals surface area contributed by atoms with E-state index < -0.39 is 17.9 Å². The lowest BCUT2D eigenvalue weighted by Crippen LogP contribution is -2.51. The number of amides is 2. The number of carbonyl (C=O) groups excluding carboxylic acids is 3. The van der Waals surface area contributed by atoms with Gasteiger partial charge in [0.15, 0.2) is 0 Å². The number of aromatic nitrogens is 1. The van der Waals surface area contributed by atoms with Crippen LogP contribution in [0.1, 0.15) is 55.4 Å². The molecule has 2 N–H and O–H groups in total. The molecule has 2 aromatic rings. The van der Waals surface area contributed by atoms with Gasteiger partial charge in [-0.05, 0) is 62.1 Å². The van der Waals surface area contributed by atoms with Crippen LogP contribution in [0.2, 0.25) is 5.02 Å². The second-order valence-electron chi connectivity index (χ2n) is 9.81. The van der Waals surface area contributed by atoms with Crippen LogP contribution in [0.15, 0.2) is 18.2 Å². The highest BCUT2D eigenvalue weighted by Gasteiger charge is 2.50. The van der Waals surface area contributed by atoms with Gasteiger partial charge < -0.3 is 15.2 Å². The van der Waals surface area contributed by atoms with Crippen molar-refractivity contribution in [1.29, 1.82) is 0 Å². The van der Waals surface area contributed by atoms with Crippen LogP contribution in [-0.4, -0.2) is 46.1 Å². The Morgan fingerprint density at radius 1 is 1.26 bits per heavy atom. The zero-order chi connectivity index (χ0) is 24.0. The van der Waals surface area contributed by atoms with E-state index in [2.05, 4.69) is 16.2 Å². The molecule has 3 fully saturated rings. The molecule has 1 aliphatic heterocycles. The number of fused-ring (bicyclic) bond motifs is 2. The molecule has 178 valence electrons. The molecule has 0 bridgehead atoms. The summed E-state index contributed by atoms with van der Waals surface area (Å²) in [4.78, 5) is 43.6. The first-order valence-corrected chi connectivity index (χ1v) is 12.3. The molecule has 0 radical (unpaired) electrons. The molecule has 6 nitrogen and oxygen atoms in total. The number of benzene rings is 1. The number of ketones is 1. The molecule has 1 aromatic carbocycles. The fraction of sp³-hybridized carbons (Fsp3) is 0.500. The molecule has 34 heavy (non-hydrogen) atoms. The average Bonchev–Trinajstić information content (AvgIpc) is 3.56. The third-order valence-corrected chi connectivity index (χ3v) is 8.08. The molecule has 0 unspecified atom stereocenters. The van der Waals surface area contributed by atoms with E-state index in [9.17, 15) is 18.8 Å². The number of carbonyl (C=O) groups is 3. The lowest BCUT2D eigenvalue weighted by atomic mass is 9.92. The summed E-state index contributed by atoms with van der Waals surface area (Å²) in [7, 11) is 0. The number of rotatable bonds is 5. The standard InChI is InChI=1S/C26H27ClFN3O3/c1-2-17(9-14-5-4-8-23(14)32)29-25(33)24-18-7-3-6-15(18)13-31(24)26(34)22-12-19-20(27)10-16(28)11-21(19)30-22/h1,10-12,14-15,17-18,24,30H,3-9,13H2,(H,29,33)/t14-,15-,17+,18-,24-/m0/s1. The van der Waals surface area contributed by atoms with Gasteiger partial charge in [0.05, 0.1) is 16.6 Å². The number of terminal acetylenes is 1. The number of halogens is 2. The van der Waals surface area contributed by atoms with Crippen molar-refractivity contribution in [1.82, 2.24) is 15.2 Å². The Morgan fingerprint density at radius 3 is 2.82 bits per heavy atom. The van der Waals surface area contributed by atoms with E-state index in [1.165, 1.54) is 12.1 Å². The lowest BCUT2D eigenvalue weighted by molar-refractivity contribution is -0.127. The van der Waals surface area contributed by atoms with Gasteiger partial charge in [0, 0.05) is 24.3 Å². The lowest BCUT2D eigenvalue weighted by Gasteiger charge is -2.28. The van der Waals surface area contributed by atoms with Gasteiger partial charge >= 0.3 is 0 Å². The van der Waals surface area contributed by atoms with Crippen LogP contribution in [0.4, 0.5) is 4.39 Å². The highest BCUT2D eigenvalue weighted by atomic mass is 35.5. The molecule has 5 rings (SSSR count). The molecular formula is C26H27ClFN3O3. The SMILES string of the molecule is C#C[C@H](C[C@@H]1CCCC1=O)NC(=O)[C@@H]1[C@H]2CCC[C@H]2CN1C(=O)c1cc2c(Cl)cc(F)cc2[nH]1. The minimum absolute atomic E-state index is 0.0703. The predicted molar refractivity (Wildman–Crippen MR) is 127 cm³/mol. The van der Waals surface area contributed by atoms with E-state index >= 15 is 0 Å². The van der Waals surface area contributed by atoms with Gasteiger partial charge in [-0.1, -0.05) is 23.9 Å². The number of hydrogen-bond acceptors (Lipinski definition) is 3. The predicted octanol–water partition coefficient (Wildman–Crippen LogP) is 4.08. The molecule has 2 aliphatic carbocycles. The van der Waals surface area contributed by atoms with Gasteiger partial charge in [-0.2, -0.15) is 0 Å². The fourth-order valence-corrected chi connectivity index (χ4v) is 6.39. The highest BCUT2D eigenvalue weighted by Crippen LogP contribution is 2.43. The van der Waals surface area contributed by atoms with Gasteiger partial charge in [0.2, 0.25) is 5.91 Å². The Hall–Kier alpha value is -2.85. The van der Waals surface area contributed by atoms with Crippen LogP contribution in [0.25, 0.3) is 10.9 Å². The summed E-state index contributed by atoms with van der Waals surface area (Å²) in [5, 5.41) is 3.72. The highest BCUT2D eigenvalue weighted by molar-refractivity contribution is 6.35. The Bertz CT molecular complexity index is 1200. The third kappa shape index (κ3) is 4.09. The van der Waals surface area contributed by atoms with Gasteiger partial charge in [-0.3, -0.25) is 14.4 Å². The van der Waals surface area contributed by atoms with E-state index in [1.807, 2.05) is 0 Å². The maximum absolute atomic E-state index is 13.8. The zero-order valence-electron chi connectivity index (χ0n) is 18.8. The van der Waals surface area contributed by atoms with Crippen LogP contribution in [0.3, 0.4) is 0 Å². The number of hydrogen-bond donors (Lipinski definition) is 2. The van der Waals surface area contributed by atoms with Gasteiger partial charge in [0.25, 0.3) is 5.91 Å². The Labute approximate surface area is 202 Å².